The lowest BCUT2D eigenvalue weighted by atomic mass is 10.1. The molecular weight excluding hydrogens is 380 g/mol. The SMILES string of the molecule is COCCOc1ccccc1C(=O)Nc1ccc(NC(=O)c2ccccc2)c(C)c1. The van der Waals surface area contributed by atoms with Gasteiger partial charge in [-0.1, -0.05) is 30.3 Å². The number of ether oxygens (including phenoxy) is 2. The molecule has 3 aromatic rings. The van der Waals surface area contributed by atoms with Gasteiger partial charge in [-0.05, 0) is 55.0 Å². The number of rotatable bonds is 8. The predicted molar refractivity (Wildman–Crippen MR) is 117 cm³/mol. The molecule has 0 spiro atoms. The van der Waals surface area contributed by atoms with Crippen LogP contribution in [0.4, 0.5) is 11.4 Å². The largest absolute Gasteiger partial charge is 0.490 e. The molecule has 30 heavy (non-hydrogen) atoms. The minimum atomic E-state index is -0.275. The fourth-order valence-corrected chi connectivity index (χ4v) is 2.88. The maximum atomic E-state index is 12.7. The van der Waals surface area contributed by atoms with E-state index >= 15 is 0 Å². The van der Waals surface area contributed by atoms with Crippen molar-refractivity contribution in [3.05, 3.63) is 89.5 Å². The molecule has 2 N–H and O–H groups in total. The Morgan fingerprint density at radius 2 is 1.57 bits per heavy atom. The highest BCUT2D eigenvalue weighted by Crippen LogP contribution is 2.23. The number of carbonyl (C=O) groups excluding carboxylic acids is 2. The van der Waals surface area contributed by atoms with E-state index in [0.717, 1.165) is 5.56 Å². The van der Waals surface area contributed by atoms with Crippen molar-refractivity contribution in [1.29, 1.82) is 0 Å². The van der Waals surface area contributed by atoms with Crippen molar-refractivity contribution < 1.29 is 19.1 Å². The molecule has 6 heteroatoms. The summed E-state index contributed by atoms with van der Waals surface area (Å²) in [4.78, 5) is 25.1. The smallest absolute Gasteiger partial charge is 0.259 e. The quantitative estimate of drug-likeness (QED) is 0.541. The van der Waals surface area contributed by atoms with Crippen LogP contribution >= 0.6 is 0 Å². The van der Waals surface area contributed by atoms with E-state index < -0.39 is 0 Å². The first-order valence-electron chi connectivity index (χ1n) is 9.57. The van der Waals surface area contributed by atoms with Gasteiger partial charge in [0.25, 0.3) is 11.8 Å². The first kappa shape index (κ1) is 21.1. The van der Waals surface area contributed by atoms with Crippen LogP contribution in [0.1, 0.15) is 26.3 Å². The fourth-order valence-electron chi connectivity index (χ4n) is 2.88. The molecule has 6 nitrogen and oxygen atoms in total. The predicted octanol–water partition coefficient (Wildman–Crippen LogP) is 4.52. The molecule has 3 aromatic carbocycles. The standard InChI is InChI=1S/C24H24N2O4/c1-17-16-19(12-13-21(17)26-23(27)18-8-4-3-5-9-18)25-24(28)20-10-6-7-11-22(20)30-15-14-29-2/h3-13,16H,14-15H2,1-2H3,(H,25,28)(H,26,27). The van der Waals surface area contributed by atoms with Crippen molar-refractivity contribution in [2.45, 2.75) is 6.92 Å². The van der Waals surface area contributed by atoms with Crippen LogP contribution in [0.25, 0.3) is 0 Å². The number of carbonyl (C=O) groups is 2. The molecule has 0 fully saturated rings. The molecule has 0 aromatic heterocycles. The van der Waals surface area contributed by atoms with Gasteiger partial charge in [0.2, 0.25) is 0 Å². The van der Waals surface area contributed by atoms with Crippen molar-refractivity contribution in [2.75, 3.05) is 31.0 Å². The summed E-state index contributed by atoms with van der Waals surface area (Å²) in [7, 11) is 1.59. The van der Waals surface area contributed by atoms with Gasteiger partial charge in [-0.25, -0.2) is 0 Å². The van der Waals surface area contributed by atoms with Crippen molar-refractivity contribution >= 4 is 23.2 Å². The zero-order valence-electron chi connectivity index (χ0n) is 17.0. The van der Waals surface area contributed by atoms with Crippen molar-refractivity contribution in [2.24, 2.45) is 0 Å². The van der Waals surface area contributed by atoms with Crippen LogP contribution < -0.4 is 15.4 Å². The summed E-state index contributed by atoms with van der Waals surface area (Å²) in [5, 5.41) is 5.77. The van der Waals surface area contributed by atoms with Gasteiger partial charge in [-0.2, -0.15) is 0 Å². The van der Waals surface area contributed by atoms with Gasteiger partial charge < -0.3 is 20.1 Å². The molecule has 0 aliphatic heterocycles. The topological polar surface area (TPSA) is 76.7 Å². The third-order valence-corrected chi connectivity index (χ3v) is 4.45. The van der Waals surface area contributed by atoms with E-state index in [1.807, 2.05) is 37.3 Å². The number of methoxy groups -OCH3 is 1. The van der Waals surface area contributed by atoms with Crippen LogP contribution in [0, 0.1) is 6.92 Å². The van der Waals surface area contributed by atoms with Gasteiger partial charge >= 0.3 is 0 Å². The molecule has 0 saturated heterocycles. The number of benzene rings is 3. The van der Waals surface area contributed by atoms with Gasteiger partial charge in [0, 0.05) is 24.0 Å². The lowest BCUT2D eigenvalue weighted by Crippen LogP contribution is -2.15. The molecule has 0 heterocycles. The molecule has 3 rings (SSSR count). The Morgan fingerprint density at radius 1 is 0.833 bits per heavy atom. The lowest BCUT2D eigenvalue weighted by molar-refractivity contribution is 0.101. The molecule has 2 amide bonds. The summed E-state index contributed by atoms with van der Waals surface area (Å²) in [6, 6.07) is 21.4. The summed E-state index contributed by atoms with van der Waals surface area (Å²) in [6.07, 6.45) is 0. The summed E-state index contributed by atoms with van der Waals surface area (Å²) in [5.74, 6) is 0.0385. The van der Waals surface area contributed by atoms with E-state index in [9.17, 15) is 9.59 Å². The molecular formula is C24H24N2O4. The summed E-state index contributed by atoms with van der Waals surface area (Å²) >= 11 is 0. The van der Waals surface area contributed by atoms with E-state index in [-0.39, 0.29) is 11.8 Å². The summed E-state index contributed by atoms with van der Waals surface area (Å²) in [6.45, 7) is 2.67. The number of para-hydroxylation sites is 1. The molecule has 0 bridgehead atoms. The van der Waals surface area contributed by atoms with Gasteiger partial charge in [-0.15, -0.1) is 0 Å². The first-order valence-corrected chi connectivity index (χ1v) is 9.57. The summed E-state index contributed by atoms with van der Waals surface area (Å²) in [5.41, 5.74) is 3.17. The van der Waals surface area contributed by atoms with Crippen molar-refractivity contribution in [3.63, 3.8) is 0 Å². The van der Waals surface area contributed by atoms with Crippen molar-refractivity contribution in [3.8, 4) is 5.75 Å². The molecule has 0 aliphatic carbocycles. The van der Waals surface area contributed by atoms with Crippen LogP contribution in [0.5, 0.6) is 5.75 Å². The molecule has 0 saturated carbocycles. The molecule has 0 aliphatic rings. The minimum Gasteiger partial charge on any atom is -0.490 e. The zero-order chi connectivity index (χ0) is 21.3. The fraction of sp³-hybridized carbons (Fsp3) is 0.167. The molecule has 0 radical (unpaired) electrons. The number of nitrogens with one attached hydrogen (secondary N) is 2. The average Bonchev–Trinajstić information content (AvgIpc) is 2.76. The Morgan fingerprint density at radius 3 is 2.30 bits per heavy atom. The Hall–Kier alpha value is -3.64. The minimum absolute atomic E-state index is 0.183. The van der Waals surface area contributed by atoms with Crippen LogP contribution in [0.2, 0.25) is 0 Å². The molecule has 0 atom stereocenters. The van der Waals surface area contributed by atoms with Crippen LogP contribution in [0.15, 0.2) is 72.8 Å². The van der Waals surface area contributed by atoms with Gasteiger partial charge in [0.1, 0.15) is 12.4 Å². The second-order valence-corrected chi connectivity index (χ2v) is 6.64. The number of hydrogen-bond donors (Lipinski definition) is 2. The van der Waals surface area contributed by atoms with E-state index in [1.54, 1.807) is 49.6 Å². The Kier molecular flexibility index (Phi) is 7.19. The third-order valence-electron chi connectivity index (χ3n) is 4.45. The van der Waals surface area contributed by atoms with E-state index in [0.29, 0.717) is 41.5 Å². The lowest BCUT2D eigenvalue weighted by Gasteiger charge is -2.13. The third kappa shape index (κ3) is 5.46. The number of hydrogen-bond acceptors (Lipinski definition) is 4. The number of anilines is 2. The zero-order valence-corrected chi connectivity index (χ0v) is 17.0. The van der Waals surface area contributed by atoms with E-state index in [1.165, 1.54) is 0 Å². The molecule has 154 valence electrons. The second kappa shape index (κ2) is 10.2. The van der Waals surface area contributed by atoms with Gasteiger partial charge in [0.05, 0.1) is 12.2 Å². The highest BCUT2D eigenvalue weighted by molar-refractivity contribution is 6.07. The van der Waals surface area contributed by atoms with Gasteiger partial charge in [-0.3, -0.25) is 9.59 Å². The highest BCUT2D eigenvalue weighted by atomic mass is 16.5. The summed E-state index contributed by atoms with van der Waals surface area (Å²) < 4.78 is 10.6. The van der Waals surface area contributed by atoms with Crippen LogP contribution in [-0.2, 0) is 4.74 Å². The number of aryl methyl sites for hydroxylation is 1. The van der Waals surface area contributed by atoms with E-state index in [4.69, 9.17) is 9.47 Å². The van der Waals surface area contributed by atoms with Crippen LogP contribution in [-0.4, -0.2) is 32.1 Å². The Balaban J connectivity index is 1.69. The maximum Gasteiger partial charge on any atom is 0.259 e. The average molecular weight is 404 g/mol. The first-order chi connectivity index (χ1) is 14.6. The maximum absolute atomic E-state index is 12.7. The molecule has 0 unspecified atom stereocenters. The monoisotopic (exact) mass is 404 g/mol. The van der Waals surface area contributed by atoms with E-state index in [2.05, 4.69) is 10.6 Å². The second-order valence-electron chi connectivity index (χ2n) is 6.64. The number of amides is 2. The highest BCUT2D eigenvalue weighted by Gasteiger charge is 2.13. The Labute approximate surface area is 175 Å². The van der Waals surface area contributed by atoms with Gasteiger partial charge in [0.15, 0.2) is 0 Å². The normalized spacial score (nSPS) is 10.3. The van der Waals surface area contributed by atoms with Crippen LogP contribution in [0.3, 0.4) is 0 Å². The Bertz CT molecular complexity index is 1020. The van der Waals surface area contributed by atoms with Crippen molar-refractivity contribution in [1.82, 2.24) is 0 Å².